The van der Waals surface area contributed by atoms with E-state index in [9.17, 15) is 34.2 Å². The monoisotopic (exact) mass is 417 g/mol. The SMILES string of the molecule is CC(N)C(=O)NC(CCC(N)=O)C(=O)NC(C(=O)NC(C(=O)O)C(C)C)C(C)O. The lowest BCUT2D eigenvalue weighted by molar-refractivity contribution is -0.144. The van der Waals surface area contributed by atoms with Gasteiger partial charge in [0.15, 0.2) is 0 Å². The fourth-order valence-electron chi connectivity index (χ4n) is 2.27. The number of aliphatic hydroxyl groups excluding tert-OH is 1. The van der Waals surface area contributed by atoms with Gasteiger partial charge < -0.3 is 37.6 Å². The number of carbonyl (C=O) groups is 5. The molecule has 0 bridgehead atoms. The summed E-state index contributed by atoms with van der Waals surface area (Å²) in [7, 11) is 0. The van der Waals surface area contributed by atoms with E-state index in [0.29, 0.717) is 0 Å². The van der Waals surface area contributed by atoms with E-state index in [2.05, 4.69) is 16.0 Å². The highest BCUT2D eigenvalue weighted by Crippen LogP contribution is 2.05. The summed E-state index contributed by atoms with van der Waals surface area (Å²) in [6.07, 6.45) is -1.75. The molecule has 0 aliphatic heterocycles. The molecule has 0 fully saturated rings. The first-order chi connectivity index (χ1) is 13.3. The number of hydrogen-bond donors (Lipinski definition) is 7. The molecule has 0 aromatic heterocycles. The van der Waals surface area contributed by atoms with Crippen molar-refractivity contribution < 1.29 is 34.2 Å². The van der Waals surface area contributed by atoms with E-state index >= 15 is 0 Å². The average Bonchev–Trinajstić information content (AvgIpc) is 2.59. The zero-order valence-electron chi connectivity index (χ0n) is 17.0. The number of carboxylic acid groups (broad SMARTS) is 1. The van der Waals surface area contributed by atoms with Crippen LogP contribution in [0.15, 0.2) is 0 Å². The molecule has 5 atom stereocenters. The maximum absolute atomic E-state index is 12.6. The van der Waals surface area contributed by atoms with Crippen LogP contribution in [0.5, 0.6) is 0 Å². The summed E-state index contributed by atoms with van der Waals surface area (Å²) in [5, 5.41) is 25.9. The Morgan fingerprint density at radius 3 is 1.76 bits per heavy atom. The fraction of sp³-hybridized carbons (Fsp3) is 0.706. The Morgan fingerprint density at radius 2 is 1.38 bits per heavy atom. The van der Waals surface area contributed by atoms with Crippen LogP contribution in [-0.4, -0.2) is 70.1 Å². The van der Waals surface area contributed by atoms with Crippen molar-refractivity contribution in [3.63, 3.8) is 0 Å². The Balaban J connectivity index is 5.38. The molecule has 0 aliphatic carbocycles. The van der Waals surface area contributed by atoms with E-state index in [-0.39, 0.29) is 12.8 Å². The molecule has 0 aromatic carbocycles. The third-order valence-electron chi connectivity index (χ3n) is 4.02. The number of nitrogens with one attached hydrogen (secondary N) is 3. The number of hydrogen-bond acceptors (Lipinski definition) is 7. The first-order valence-electron chi connectivity index (χ1n) is 9.13. The lowest BCUT2D eigenvalue weighted by Crippen LogP contribution is -2.60. The molecule has 5 unspecified atom stereocenters. The van der Waals surface area contributed by atoms with Crippen LogP contribution in [0.1, 0.15) is 40.5 Å². The van der Waals surface area contributed by atoms with Gasteiger partial charge >= 0.3 is 5.97 Å². The number of aliphatic carboxylic acids is 1. The van der Waals surface area contributed by atoms with Crippen molar-refractivity contribution in [2.45, 2.75) is 70.8 Å². The van der Waals surface area contributed by atoms with Crippen LogP contribution >= 0.6 is 0 Å². The molecule has 166 valence electrons. The van der Waals surface area contributed by atoms with Crippen LogP contribution in [0.4, 0.5) is 0 Å². The first kappa shape index (κ1) is 26.3. The Bertz CT molecular complexity index is 621. The first-order valence-corrected chi connectivity index (χ1v) is 9.13. The maximum Gasteiger partial charge on any atom is 0.326 e. The molecule has 0 radical (unpaired) electrons. The fourth-order valence-corrected chi connectivity index (χ4v) is 2.27. The van der Waals surface area contributed by atoms with Gasteiger partial charge in [-0.2, -0.15) is 0 Å². The summed E-state index contributed by atoms with van der Waals surface area (Å²) in [6.45, 7) is 5.79. The summed E-state index contributed by atoms with van der Waals surface area (Å²) in [6, 6.07) is -4.90. The van der Waals surface area contributed by atoms with Gasteiger partial charge in [0.2, 0.25) is 23.6 Å². The van der Waals surface area contributed by atoms with E-state index in [1.165, 1.54) is 13.8 Å². The highest BCUT2D eigenvalue weighted by Gasteiger charge is 2.33. The van der Waals surface area contributed by atoms with Crippen LogP contribution in [0.25, 0.3) is 0 Å². The Labute approximate surface area is 168 Å². The highest BCUT2D eigenvalue weighted by atomic mass is 16.4. The van der Waals surface area contributed by atoms with Gasteiger partial charge in [0.25, 0.3) is 0 Å². The van der Waals surface area contributed by atoms with E-state index in [1.807, 2.05) is 0 Å². The van der Waals surface area contributed by atoms with Gasteiger partial charge in [0, 0.05) is 6.42 Å². The molecule has 9 N–H and O–H groups in total. The highest BCUT2D eigenvalue weighted by molar-refractivity contribution is 5.94. The molecule has 4 amide bonds. The van der Waals surface area contributed by atoms with Gasteiger partial charge in [-0.1, -0.05) is 13.8 Å². The predicted octanol–water partition coefficient (Wildman–Crippen LogP) is -2.83. The predicted molar refractivity (Wildman–Crippen MR) is 102 cm³/mol. The molecular weight excluding hydrogens is 386 g/mol. The minimum absolute atomic E-state index is 0.155. The quantitative estimate of drug-likeness (QED) is 0.175. The van der Waals surface area contributed by atoms with E-state index in [4.69, 9.17) is 11.5 Å². The molecule has 12 heteroatoms. The van der Waals surface area contributed by atoms with Gasteiger partial charge in [-0.3, -0.25) is 19.2 Å². The van der Waals surface area contributed by atoms with E-state index < -0.39 is 65.8 Å². The Kier molecular flexibility index (Phi) is 10.8. The Morgan fingerprint density at radius 1 is 0.862 bits per heavy atom. The number of aliphatic hydroxyl groups is 1. The van der Waals surface area contributed by atoms with Crippen molar-refractivity contribution >= 4 is 29.6 Å². The number of rotatable bonds is 12. The van der Waals surface area contributed by atoms with Crippen molar-refractivity contribution in [3.8, 4) is 0 Å². The molecule has 0 saturated carbocycles. The van der Waals surface area contributed by atoms with E-state index in [1.54, 1.807) is 13.8 Å². The second-order valence-corrected chi connectivity index (χ2v) is 7.15. The third-order valence-corrected chi connectivity index (χ3v) is 4.02. The second-order valence-electron chi connectivity index (χ2n) is 7.15. The summed E-state index contributed by atoms with van der Waals surface area (Å²) < 4.78 is 0. The van der Waals surface area contributed by atoms with Crippen molar-refractivity contribution in [2.24, 2.45) is 17.4 Å². The second kappa shape index (κ2) is 12.0. The molecular formula is C17H31N5O7. The smallest absolute Gasteiger partial charge is 0.326 e. The van der Waals surface area contributed by atoms with Gasteiger partial charge in [-0.05, 0) is 26.2 Å². The van der Waals surface area contributed by atoms with Crippen molar-refractivity contribution in [1.82, 2.24) is 16.0 Å². The maximum atomic E-state index is 12.6. The largest absolute Gasteiger partial charge is 0.480 e. The molecule has 0 heterocycles. The normalized spacial score (nSPS) is 16.1. The topological polar surface area (TPSA) is 214 Å². The van der Waals surface area contributed by atoms with Crippen molar-refractivity contribution in [3.05, 3.63) is 0 Å². The third kappa shape index (κ3) is 9.34. The van der Waals surface area contributed by atoms with Gasteiger partial charge in [-0.15, -0.1) is 0 Å². The molecule has 0 aromatic rings. The van der Waals surface area contributed by atoms with Crippen LogP contribution < -0.4 is 27.4 Å². The van der Waals surface area contributed by atoms with Gasteiger partial charge in [-0.25, -0.2) is 4.79 Å². The van der Waals surface area contributed by atoms with Crippen LogP contribution in [0.2, 0.25) is 0 Å². The minimum atomic E-state index is -1.49. The van der Waals surface area contributed by atoms with Crippen LogP contribution in [0, 0.1) is 5.92 Å². The molecule has 0 rings (SSSR count). The lowest BCUT2D eigenvalue weighted by Gasteiger charge is -2.27. The zero-order valence-corrected chi connectivity index (χ0v) is 17.0. The number of carbonyl (C=O) groups excluding carboxylic acids is 4. The van der Waals surface area contributed by atoms with Crippen molar-refractivity contribution in [2.75, 3.05) is 0 Å². The van der Waals surface area contributed by atoms with Gasteiger partial charge in [0.1, 0.15) is 18.1 Å². The minimum Gasteiger partial charge on any atom is -0.480 e. The zero-order chi connectivity index (χ0) is 22.9. The van der Waals surface area contributed by atoms with Crippen LogP contribution in [0.3, 0.4) is 0 Å². The van der Waals surface area contributed by atoms with Crippen LogP contribution in [-0.2, 0) is 24.0 Å². The summed E-state index contributed by atoms with van der Waals surface area (Å²) in [4.78, 5) is 59.1. The number of primary amides is 1. The van der Waals surface area contributed by atoms with E-state index in [0.717, 1.165) is 0 Å². The summed E-state index contributed by atoms with van der Waals surface area (Å²) >= 11 is 0. The van der Waals surface area contributed by atoms with Gasteiger partial charge in [0.05, 0.1) is 12.1 Å². The molecule has 0 spiro atoms. The summed E-state index contributed by atoms with van der Waals surface area (Å²) in [5.74, 6) is -4.87. The molecule has 12 nitrogen and oxygen atoms in total. The summed E-state index contributed by atoms with van der Waals surface area (Å²) in [5.41, 5.74) is 10.5. The van der Waals surface area contributed by atoms with Crippen molar-refractivity contribution in [1.29, 1.82) is 0 Å². The Hall–Kier alpha value is -2.73. The number of nitrogens with two attached hydrogens (primary N) is 2. The number of amides is 4. The lowest BCUT2D eigenvalue weighted by atomic mass is 10.0. The standard InChI is InChI=1S/C17H31N5O7/c1-7(2)12(17(28)29)21-16(27)13(9(4)23)22-15(26)10(5-6-11(19)24)20-14(25)8(3)18/h7-10,12-13,23H,5-6,18H2,1-4H3,(H2,19,24)(H,20,25)(H,21,27)(H,22,26)(H,28,29). The molecule has 0 aliphatic rings. The molecule has 29 heavy (non-hydrogen) atoms. The molecule has 0 saturated heterocycles. The number of carboxylic acids is 1. The average molecular weight is 417 g/mol.